The van der Waals surface area contributed by atoms with E-state index >= 15 is 0 Å². The molecule has 5 heteroatoms. The number of aromatic nitrogens is 1. The van der Waals surface area contributed by atoms with Crippen molar-refractivity contribution >= 4 is 28.6 Å². The van der Waals surface area contributed by atoms with Gasteiger partial charge < -0.3 is 10.6 Å². The maximum absolute atomic E-state index is 11.7. The van der Waals surface area contributed by atoms with E-state index in [9.17, 15) is 4.79 Å². The van der Waals surface area contributed by atoms with Crippen molar-refractivity contribution in [3.05, 3.63) is 40.3 Å². The Bertz CT molecular complexity index is 619. The smallest absolute Gasteiger partial charge is 0.227 e. The predicted octanol–water partition coefficient (Wildman–Crippen LogP) is 3.41. The van der Waals surface area contributed by atoms with Crippen molar-refractivity contribution < 1.29 is 4.79 Å². The molecule has 3 rings (SSSR count). The molecule has 1 heterocycles. The Hall–Kier alpha value is -1.88. The van der Waals surface area contributed by atoms with Crippen LogP contribution in [-0.2, 0) is 11.3 Å². The largest absolute Gasteiger partial charge is 0.380 e. The highest BCUT2D eigenvalue weighted by atomic mass is 32.1. The first-order chi connectivity index (χ1) is 9.70. The maximum atomic E-state index is 11.7. The zero-order valence-corrected chi connectivity index (χ0v) is 12.2. The average molecular weight is 287 g/mol. The van der Waals surface area contributed by atoms with Crippen LogP contribution in [0.15, 0.2) is 30.5 Å². The number of thiazole rings is 1. The third-order valence-electron chi connectivity index (χ3n) is 3.21. The third kappa shape index (κ3) is 3.36. The van der Waals surface area contributed by atoms with Gasteiger partial charge in [-0.2, -0.15) is 0 Å². The van der Waals surface area contributed by atoms with Gasteiger partial charge in [-0.15, -0.1) is 11.3 Å². The molecule has 4 nitrogen and oxygen atoms in total. The molecule has 1 amide bonds. The highest BCUT2D eigenvalue weighted by Gasteiger charge is 2.29. The number of amides is 1. The van der Waals surface area contributed by atoms with Gasteiger partial charge in [-0.25, -0.2) is 4.98 Å². The minimum Gasteiger partial charge on any atom is -0.380 e. The van der Waals surface area contributed by atoms with Gasteiger partial charge in [0, 0.05) is 28.4 Å². The first-order valence-electron chi connectivity index (χ1n) is 6.77. The summed E-state index contributed by atoms with van der Waals surface area (Å²) in [7, 11) is 0. The van der Waals surface area contributed by atoms with E-state index in [4.69, 9.17) is 0 Å². The quantitative estimate of drug-likeness (QED) is 0.886. The van der Waals surface area contributed by atoms with Crippen LogP contribution in [0.25, 0.3) is 0 Å². The van der Waals surface area contributed by atoms with Crippen molar-refractivity contribution in [2.24, 2.45) is 5.92 Å². The van der Waals surface area contributed by atoms with Crippen LogP contribution in [0.3, 0.4) is 0 Å². The van der Waals surface area contributed by atoms with Crippen LogP contribution in [0.4, 0.5) is 11.4 Å². The Balaban J connectivity index is 1.60. The standard InChI is InChI=1S/C15H17N3OS/c1-10-16-8-14(20-10)9-17-12-3-2-4-13(7-12)18-15(19)11-5-6-11/h2-4,7-8,11,17H,5-6,9H2,1H3,(H,18,19). The highest BCUT2D eigenvalue weighted by molar-refractivity contribution is 7.11. The van der Waals surface area contributed by atoms with Gasteiger partial charge in [0.25, 0.3) is 0 Å². The molecule has 1 fully saturated rings. The molecular formula is C15H17N3OS. The molecule has 0 saturated heterocycles. The molecule has 1 aromatic heterocycles. The normalized spacial score (nSPS) is 14.1. The molecule has 20 heavy (non-hydrogen) atoms. The summed E-state index contributed by atoms with van der Waals surface area (Å²) in [4.78, 5) is 17.2. The zero-order chi connectivity index (χ0) is 13.9. The molecular weight excluding hydrogens is 270 g/mol. The van der Waals surface area contributed by atoms with E-state index in [2.05, 4.69) is 15.6 Å². The lowest BCUT2D eigenvalue weighted by Gasteiger charge is -2.08. The second-order valence-electron chi connectivity index (χ2n) is 5.04. The number of carbonyl (C=O) groups is 1. The number of carbonyl (C=O) groups excluding carboxylic acids is 1. The molecule has 0 atom stereocenters. The van der Waals surface area contributed by atoms with Gasteiger partial charge in [-0.3, -0.25) is 4.79 Å². The summed E-state index contributed by atoms with van der Waals surface area (Å²) in [6.07, 6.45) is 3.94. The number of nitrogens with one attached hydrogen (secondary N) is 2. The van der Waals surface area contributed by atoms with Crippen molar-refractivity contribution in [3.63, 3.8) is 0 Å². The first kappa shape index (κ1) is 13.1. The van der Waals surface area contributed by atoms with Crippen LogP contribution in [0, 0.1) is 12.8 Å². The van der Waals surface area contributed by atoms with Crippen LogP contribution < -0.4 is 10.6 Å². The van der Waals surface area contributed by atoms with E-state index in [1.165, 1.54) is 4.88 Å². The zero-order valence-electron chi connectivity index (χ0n) is 11.3. The lowest BCUT2D eigenvalue weighted by molar-refractivity contribution is -0.117. The van der Waals surface area contributed by atoms with Gasteiger partial charge >= 0.3 is 0 Å². The molecule has 1 aromatic carbocycles. The summed E-state index contributed by atoms with van der Waals surface area (Å²) in [5, 5.41) is 7.39. The van der Waals surface area contributed by atoms with Gasteiger partial charge in [0.1, 0.15) is 0 Å². The summed E-state index contributed by atoms with van der Waals surface area (Å²) in [5.41, 5.74) is 1.86. The molecule has 1 saturated carbocycles. The Morgan fingerprint density at radius 3 is 2.90 bits per heavy atom. The van der Waals surface area contributed by atoms with Crippen LogP contribution >= 0.6 is 11.3 Å². The van der Waals surface area contributed by atoms with Crippen LogP contribution in [0.1, 0.15) is 22.7 Å². The topological polar surface area (TPSA) is 54.0 Å². The van der Waals surface area contributed by atoms with E-state index in [1.807, 2.05) is 37.4 Å². The molecule has 2 N–H and O–H groups in total. The molecule has 2 aromatic rings. The number of benzene rings is 1. The van der Waals surface area contributed by atoms with Crippen molar-refractivity contribution in [1.29, 1.82) is 0 Å². The summed E-state index contributed by atoms with van der Waals surface area (Å²) < 4.78 is 0. The number of anilines is 2. The summed E-state index contributed by atoms with van der Waals surface area (Å²) in [5.74, 6) is 0.368. The summed E-state index contributed by atoms with van der Waals surface area (Å²) in [6, 6.07) is 7.83. The van der Waals surface area contributed by atoms with E-state index < -0.39 is 0 Å². The summed E-state index contributed by atoms with van der Waals surface area (Å²) in [6.45, 7) is 2.76. The third-order valence-corrected chi connectivity index (χ3v) is 4.13. The Kier molecular flexibility index (Phi) is 3.69. The van der Waals surface area contributed by atoms with E-state index in [0.29, 0.717) is 0 Å². The second-order valence-corrected chi connectivity index (χ2v) is 6.36. The van der Waals surface area contributed by atoms with E-state index in [1.54, 1.807) is 11.3 Å². The number of rotatable bonds is 5. The van der Waals surface area contributed by atoms with Gasteiger partial charge in [0.15, 0.2) is 0 Å². The molecule has 0 spiro atoms. The van der Waals surface area contributed by atoms with Crippen molar-refractivity contribution in [3.8, 4) is 0 Å². The molecule has 0 radical (unpaired) electrons. The first-order valence-corrected chi connectivity index (χ1v) is 7.58. The van der Waals surface area contributed by atoms with Crippen LogP contribution in [0.2, 0.25) is 0 Å². The monoisotopic (exact) mass is 287 g/mol. The minimum atomic E-state index is 0.139. The van der Waals surface area contributed by atoms with Gasteiger partial charge in [0.05, 0.1) is 11.6 Å². The number of hydrogen-bond donors (Lipinski definition) is 2. The average Bonchev–Trinajstić information content (AvgIpc) is 3.20. The van der Waals surface area contributed by atoms with Crippen LogP contribution in [0.5, 0.6) is 0 Å². The van der Waals surface area contributed by atoms with Gasteiger partial charge in [0.2, 0.25) is 5.91 Å². The van der Waals surface area contributed by atoms with Gasteiger partial charge in [-0.05, 0) is 38.0 Å². The van der Waals surface area contributed by atoms with Crippen molar-refractivity contribution in [2.75, 3.05) is 10.6 Å². The molecule has 0 unspecified atom stereocenters. The fourth-order valence-corrected chi connectivity index (χ4v) is 2.71. The summed E-state index contributed by atoms with van der Waals surface area (Å²) >= 11 is 1.69. The van der Waals surface area contributed by atoms with Crippen molar-refractivity contribution in [2.45, 2.75) is 26.3 Å². The second kappa shape index (κ2) is 5.63. The minimum absolute atomic E-state index is 0.139. The maximum Gasteiger partial charge on any atom is 0.227 e. The Morgan fingerprint density at radius 2 is 2.20 bits per heavy atom. The lowest BCUT2D eigenvalue weighted by Crippen LogP contribution is -2.13. The molecule has 0 bridgehead atoms. The predicted molar refractivity (Wildman–Crippen MR) is 82.0 cm³/mol. The van der Waals surface area contributed by atoms with E-state index in [0.717, 1.165) is 35.8 Å². The number of nitrogens with zero attached hydrogens (tertiary/aromatic N) is 1. The fraction of sp³-hybridized carbons (Fsp3) is 0.333. The van der Waals surface area contributed by atoms with Crippen LogP contribution in [-0.4, -0.2) is 10.9 Å². The highest BCUT2D eigenvalue weighted by Crippen LogP contribution is 2.30. The Labute approximate surface area is 122 Å². The number of hydrogen-bond acceptors (Lipinski definition) is 4. The SMILES string of the molecule is Cc1ncc(CNc2cccc(NC(=O)C3CC3)c2)s1. The Morgan fingerprint density at radius 1 is 1.40 bits per heavy atom. The molecule has 0 aliphatic heterocycles. The lowest BCUT2D eigenvalue weighted by atomic mass is 10.2. The van der Waals surface area contributed by atoms with Gasteiger partial charge in [-0.1, -0.05) is 6.07 Å². The van der Waals surface area contributed by atoms with E-state index in [-0.39, 0.29) is 11.8 Å². The molecule has 104 valence electrons. The van der Waals surface area contributed by atoms with Crippen molar-refractivity contribution in [1.82, 2.24) is 4.98 Å². The molecule has 1 aliphatic carbocycles. The fourth-order valence-electron chi connectivity index (χ4n) is 1.97. The number of aryl methyl sites for hydroxylation is 1. The molecule has 1 aliphatic rings.